The molecule has 2 aromatic carbocycles. The summed E-state index contributed by atoms with van der Waals surface area (Å²) in [5, 5.41) is 6.93. The monoisotopic (exact) mass is 352 g/mol. The number of anilines is 2. The number of aryl methyl sites for hydroxylation is 1. The van der Waals surface area contributed by atoms with Crippen molar-refractivity contribution in [2.75, 3.05) is 24.3 Å². The van der Waals surface area contributed by atoms with Crippen molar-refractivity contribution < 1.29 is 9.53 Å². The van der Waals surface area contributed by atoms with E-state index >= 15 is 0 Å². The van der Waals surface area contributed by atoms with Crippen LogP contribution in [0.3, 0.4) is 0 Å². The molecule has 0 aliphatic carbocycles. The van der Waals surface area contributed by atoms with Crippen molar-refractivity contribution in [3.8, 4) is 5.75 Å². The van der Waals surface area contributed by atoms with Crippen molar-refractivity contribution in [1.29, 1.82) is 0 Å². The number of carbonyl (C=O) groups is 1. The molecule has 2 aromatic rings. The molecule has 0 saturated carbocycles. The fraction of sp³-hybridized carbons (Fsp3) is 0.235. The van der Waals surface area contributed by atoms with Crippen molar-refractivity contribution in [2.24, 2.45) is 0 Å². The van der Waals surface area contributed by atoms with Crippen molar-refractivity contribution in [1.82, 2.24) is 0 Å². The largest absolute Gasteiger partial charge is 0.495 e. The summed E-state index contributed by atoms with van der Waals surface area (Å²) in [6.07, 6.45) is 0.292. The van der Waals surface area contributed by atoms with E-state index in [-0.39, 0.29) is 5.91 Å². The molecule has 0 atom stereocenters. The number of halogens is 2. The molecule has 122 valence electrons. The summed E-state index contributed by atoms with van der Waals surface area (Å²) in [4.78, 5) is 12.0. The summed E-state index contributed by atoms with van der Waals surface area (Å²) in [5.41, 5.74) is 2.49. The summed E-state index contributed by atoms with van der Waals surface area (Å²) < 4.78 is 5.29. The van der Waals surface area contributed by atoms with Gasteiger partial charge in [-0.3, -0.25) is 4.79 Å². The van der Waals surface area contributed by atoms with Crippen LogP contribution >= 0.6 is 23.2 Å². The van der Waals surface area contributed by atoms with Crippen LogP contribution in [0.15, 0.2) is 36.4 Å². The number of hydrogen-bond acceptors (Lipinski definition) is 3. The molecule has 1 amide bonds. The minimum atomic E-state index is -0.145. The van der Waals surface area contributed by atoms with E-state index in [1.807, 2.05) is 25.1 Å². The van der Waals surface area contributed by atoms with Gasteiger partial charge in [-0.1, -0.05) is 29.3 Å². The van der Waals surface area contributed by atoms with Gasteiger partial charge in [0.15, 0.2) is 0 Å². The maximum absolute atomic E-state index is 12.0. The van der Waals surface area contributed by atoms with Crippen LogP contribution < -0.4 is 15.4 Å². The Hall–Kier alpha value is -1.91. The Balaban J connectivity index is 1.90. The molecule has 0 bridgehead atoms. The Morgan fingerprint density at radius 1 is 1.13 bits per heavy atom. The fourth-order valence-electron chi connectivity index (χ4n) is 2.08. The van der Waals surface area contributed by atoms with Gasteiger partial charge in [0, 0.05) is 18.0 Å². The van der Waals surface area contributed by atoms with Gasteiger partial charge in [-0.15, -0.1) is 0 Å². The van der Waals surface area contributed by atoms with Gasteiger partial charge >= 0.3 is 0 Å². The van der Waals surface area contributed by atoms with E-state index in [0.29, 0.717) is 28.7 Å². The average Bonchev–Trinajstić information content (AvgIpc) is 2.51. The molecule has 0 unspecified atom stereocenters. The lowest BCUT2D eigenvalue weighted by Gasteiger charge is -2.12. The summed E-state index contributed by atoms with van der Waals surface area (Å²) in [5.74, 6) is 0.599. The highest BCUT2D eigenvalue weighted by molar-refractivity contribution is 6.35. The van der Waals surface area contributed by atoms with Crippen LogP contribution in [0.2, 0.25) is 10.0 Å². The first-order valence-electron chi connectivity index (χ1n) is 7.13. The van der Waals surface area contributed by atoms with Gasteiger partial charge < -0.3 is 15.4 Å². The van der Waals surface area contributed by atoms with E-state index in [1.165, 1.54) is 0 Å². The lowest BCUT2D eigenvalue weighted by atomic mass is 10.2. The highest BCUT2D eigenvalue weighted by atomic mass is 35.5. The number of methoxy groups -OCH3 is 1. The molecular weight excluding hydrogens is 335 g/mol. The van der Waals surface area contributed by atoms with E-state index in [0.717, 1.165) is 17.0 Å². The van der Waals surface area contributed by atoms with E-state index in [2.05, 4.69) is 10.6 Å². The number of carbonyl (C=O) groups excluding carboxylic acids is 1. The Bertz CT molecular complexity index is 705. The third-order valence-corrected chi connectivity index (χ3v) is 3.79. The van der Waals surface area contributed by atoms with Crippen molar-refractivity contribution in [3.63, 3.8) is 0 Å². The molecule has 2 rings (SSSR count). The Kier molecular flexibility index (Phi) is 6.13. The number of benzene rings is 2. The van der Waals surface area contributed by atoms with Crippen LogP contribution in [-0.2, 0) is 4.79 Å². The lowest BCUT2D eigenvalue weighted by Crippen LogP contribution is -2.16. The third-order valence-electron chi connectivity index (χ3n) is 3.22. The van der Waals surface area contributed by atoms with Gasteiger partial charge in [-0.2, -0.15) is 0 Å². The van der Waals surface area contributed by atoms with E-state index in [4.69, 9.17) is 27.9 Å². The van der Waals surface area contributed by atoms with Crippen LogP contribution in [0.1, 0.15) is 12.0 Å². The highest BCUT2D eigenvalue weighted by Crippen LogP contribution is 2.26. The van der Waals surface area contributed by atoms with Gasteiger partial charge in [0.25, 0.3) is 0 Å². The average molecular weight is 353 g/mol. The SMILES string of the molecule is COc1ccc(C)cc1NCCC(=O)Nc1cc(Cl)ccc1Cl. The smallest absolute Gasteiger partial charge is 0.226 e. The van der Waals surface area contributed by atoms with Crippen molar-refractivity contribution in [3.05, 3.63) is 52.0 Å². The molecule has 0 radical (unpaired) electrons. The minimum Gasteiger partial charge on any atom is -0.495 e. The molecule has 0 aliphatic heterocycles. The maximum atomic E-state index is 12.0. The van der Waals surface area contributed by atoms with Gasteiger partial charge in [0.1, 0.15) is 5.75 Å². The summed E-state index contributed by atoms with van der Waals surface area (Å²) in [7, 11) is 1.61. The zero-order valence-corrected chi connectivity index (χ0v) is 14.5. The topological polar surface area (TPSA) is 50.4 Å². The first kappa shape index (κ1) is 17.4. The molecule has 6 heteroatoms. The summed E-state index contributed by atoms with van der Waals surface area (Å²) >= 11 is 11.9. The number of rotatable bonds is 6. The predicted molar refractivity (Wildman–Crippen MR) is 95.9 cm³/mol. The first-order chi connectivity index (χ1) is 11.0. The van der Waals surface area contributed by atoms with Gasteiger partial charge in [0.2, 0.25) is 5.91 Å². The Labute approximate surface area is 145 Å². The molecular formula is C17H18Cl2N2O2. The second-order valence-corrected chi connectivity index (χ2v) is 5.90. The van der Waals surface area contributed by atoms with Gasteiger partial charge in [-0.05, 0) is 42.8 Å². The van der Waals surface area contributed by atoms with Gasteiger partial charge in [0.05, 0.1) is 23.5 Å². The standard InChI is InChI=1S/C17H18Cl2N2O2/c1-11-3-6-16(23-2)15(9-11)20-8-7-17(22)21-14-10-12(18)4-5-13(14)19/h3-6,9-10,20H,7-8H2,1-2H3,(H,21,22). The predicted octanol–water partition coefficient (Wildman–Crippen LogP) is 4.75. The zero-order chi connectivity index (χ0) is 16.8. The highest BCUT2D eigenvalue weighted by Gasteiger charge is 2.08. The van der Waals surface area contributed by atoms with Crippen molar-refractivity contribution in [2.45, 2.75) is 13.3 Å². The van der Waals surface area contributed by atoms with Crippen LogP contribution in [0.25, 0.3) is 0 Å². The maximum Gasteiger partial charge on any atom is 0.226 e. The van der Waals surface area contributed by atoms with Gasteiger partial charge in [-0.25, -0.2) is 0 Å². The van der Waals surface area contributed by atoms with E-state index < -0.39 is 0 Å². The number of amides is 1. The third kappa shape index (κ3) is 5.05. The van der Waals surface area contributed by atoms with Crippen LogP contribution in [-0.4, -0.2) is 19.6 Å². The van der Waals surface area contributed by atoms with Crippen molar-refractivity contribution >= 4 is 40.5 Å². The summed E-state index contributed by atoms with van der Waals surface area (Å²) in [6, 6.07) is 10.8. The minimum absolute atomic E-state index is 0.145. The second kappa shape index (κ2) is 8.09. The Morgan fingerprint density at radius 3 is 2.65 bits per heavy atom. The molecule has 0 fully saturated rings. The molecule has 4 nitrogen and oxygen atoms in total. The molecule has 0 heterocycles. The number of hydrogen-bond donors (Lipinski definition) is 2. The summed E-state index contributed by atoms with van der Waals surface area (Å²) in [6.45, 7) is 2.47. The molecule has 0 aromatic heterocycles. The van der Waals surface area contributed by atoms with E-state index in [9.17, 15) is 4.79 Å². The molecule has 23 heavy (non-hydrogen) atoms. The zero-order valence-electron chi connectivity index (χ0n) is 13.0. The Morgan fingerprint density at radius 2 is 1.91 bits per heavy atom. The lowest BCUT2D eigenvalue weighted by molar-refractivity contribution is -0.115. The van der Waals surface area contributed by atoms with E-state index in [1.54, 1.807) is 25.3 Å². The number of ether oxygens (including phenoxy) is 1. The molecule has 0 saturated heterocycles. The molecule has 0 spiro atoms. The second-order valence-electron chi connectivity index (χ2n) is 5.05. The number of nitrogens with one attached hydrogen (secondary N) is 2. The normalized spacial score (nSPS) is 10.3. The van der Waals surface area contributed by atoms with Crippen LogP contribution in [0.5, 0.6) is 5.75 Å². The fourth-order valence-corrected chi connectivity index (χ4v) is 2.41. The van der Waals surface area contributed by atoms with Crippen LogP contribution in [0.4, 0.5) is 11.4 Å². The van der Waals surface area contributed by atoms with Crippen LogP contribution in [0, 0.1) is 6.92 Å². The first-order valence-corrected chi connectivity index (χ1v) is 7.88. The molecule has 0 aliphatic rings. The quantitative estimate of drug-likeness (QED) is 0.788. The molecule has 2 N–H and O–H groups in total.